The lowest BCUT2D eigenvalue weighted by molar-refractivity contribution is 0.0736. The lowest BCUT2D eigenvalue weighted by Crippen LogP contribution is -2.49. The van der Waals surface area contributed by atoms with Crippen molar-refractivity contribution in [2.75, 3.05) is 31.1 Å². The van der Waals surface area contributed by atoms with Gasteiger partial charge in [-0.3, -0.25) is 4.79 Å². The highest BCUT2D eigenvalue weighted by Crippen LogP contribution is 2.17. The van der Waals surface area contributed by atoms with Crippen LogP contribution in [0.25, 0.3) is 5.82 Å². The van der Waals surface area contributed by atoms with E-state index in [0.29, 0.717) is 37.6 Å². The van der Waals surface area contributed by atoms with Crippen molar-refractivity contribution in [1.29, 1.82) is 0 Å². The number of amides is 1. The van der Waals surface area contributed by atoms with Crippen LogP contribution in [0.2, 0.25) is 0 Å². The van der Waals surface area contributed by atoms with Crippen LogP contribution in [0.4, 0.5) is 5.82 Å². The third kappa shape index (κ3) is 3.10. The Morgan fingerprint density at radius 3 is 2.44 bits per heavy atom. The molecule has 1 saturated heterocycles. The van der Waals surface area contributed by atoms with E-state index < -0.39 is 0 Å². The van der Waals surface area contributed by atoms with Crippen LogP contribution in [0.3, 0.4) is 0 Å². The second-order valence-corrected chi connectivity index (χ2v) is 5.93. The fourth-order valence-corrected chi connectivity index (χ4v) is 2.91. The maximum absolute atomic E-state index is 12.4. The maximum Gasteiger partial charge on any atom is 0.276 e. The van der Waals surface area contributed by atoms with Crippen molar-refractivity contribution in [2.24, 2.45) is 0 Å². The van der Waals surface area contributed by atoms with Crippen molar-refractivity contribution in [1.82, 2.24) is 24.6 Å². The van der Waals surface area contributed by atoms with Crippen LogP contribution in [0.5, 0.6) is 0 Å². The topological polar surface area (TPSA) is 80.3 Å². The first-order valence-electron chi connectivity index (χ1n) is 8.13. The van der Waals surface area contributed by atoms with Gasteiger partial charge in [0.2, 0.25) is 0 Å². The highest BCUT2D eigenvalue weighted by atomic mass is 16.5. The zero-order valence-corrected chi connectivity index (χ0v) is 13.9. The van der Waals surface area contributed by atoms with E-state index in [-0.39, 0.29) is 5.91 Å². The standard InChI is InChI=1S/C17H18N6O2/c1-13-10-14(20-25-13)17(24)23-8-6-22(7-9-23)16-11-15(18-12-19-16)21-4-2-3-5-21/h2-5,10-12H,6-9H2,1H3. The number of rotatable bonds is 3. The molecule has 3 aromatic heterocycles. The maximum atomic E-state index is 12.4. The molecular formula is C17H18N6O2. The molecule has 8 heteroatoms. The Kier molecular flexibility index (Phi) is 3.93. The molecule has 4 rings (SSSR count). The van der Waals surface area contributed by atoms with Crippen LogP contribution in [-0.4, -0.2) is 56.7 Å². The van der Waals surface area contributed by atoms with Crippen molar-refractivity contribution < 1.29 is 9.32 Å². The molecule has 0 aromatic carbocycles. The summed E-state index contributed by atoms with van der Waals surface area (Å²) in [5.41, 5.74) is 0.364. The van der Waals surface area contributed by atoms with Gasteiger partial charge in [0.25, 0.3) is 5.91 Å². The van der Waals surface area contributed by atoms with Crippen LogP contribution in [0.1, 0.15) is 16.2 Å². The van der Waals surface area contributed by atoms with Crippen molar-refractivity contribution in [3.63, 3.8) is 0 Å². The second-order valence-electron chi connectivity index (χ2n) is 5.93. The molecular weight excluding hydrogens is 320 g/mol. The monoisotopic (exact) mass is 338 g/mol. The summed E-state index contributed by atoms with van der Waals surface area (Å²) >= 11 is 0. The predicted octanol–water partition coefficient (Wildman–Crippen LogP) is 1.53. The first-order valence-corrected chi connectivity index (χ1v) is 8.13. The number of aromatic nitrogens is 4. The molecule has 8 nitrogen and oxygen atoms in total. The summed E-state index contributed by atoms with van der Waals surface area (Å²) in [6.07, 6.45) is 5.46. The van der Waals surface area contributed by atoms with Crippen LogP contribution in [0.15, 0.2) is 47.5 Å². The first kappa shape index (κ1) is 15.4. The SMILES string of the molecule is Cc1cc(C(=O)N2CCN(c3cc(-n4cccc4)ncn3)CC2)no1. The minimum Gasteiger partial charge on any atom is -0.361 e. The van der Waals surface area contributed by atoms with Gasteiger partial charge < -0.3 is 18.9 Å². The first-order chi connectivity index (χ1) is 12.2. The van der Waals surface area contributed by atoms with E-state index in [1.807, 2.05) is 35.2 Å². The number of carbonyl (C=O) groups excluding carboxylic acids is 1. The molecule has 4 heterocycles. The molecule has 1 amide bonds. The quantitative estimate of drug-likeness (QED) is 0.720. The third-order valence-corrected chi connectivity index (χ3v) is 4.25. The highest BCUT2D eigenvalue weighted by molar-refractivity contribution is 5.92. The van der Waals surface area contributed by atoms with Gasteiger partial charge in [0, 0.05) is 50.7 Å². The van der Waals surface area contributed by atoms with Gasteiger partial charge in [-0.1, -0.05) is 5.16 Å². The smallest absolute Gasteiger partial charge is 0.276 e. The number of anilines is 1. The molecule has 1 aliphatic heterocycles. The highest BCUT2D eigenvalue weighted by Gasteiger charge is 2.25. The Bertz CT molecular complexity index is 865. The number of nitrogens with zero attached hydrogens (tertiary/aromatic N) is 6. The second kappa shape index (κ2) is 6.39. The number of carbonyl (C=O) groups is 1. The summed E-state index contributed by atoms with van der Waals surface area (Å²) in [7, 11) is 0. The molecule has 0 N–H and O–H groups in total. The molecule has 128 valence electrons. The molecule has 1 fully saturated rings. The Labute approximate surface area is 144 Å². The molecule has 0 unspecified atom stereocenters. The molecule has 3 aromatic rings. The Hall–Kier alpha value is -3.16. The van der Waals surface area contributed by atoms with E-state index in [1.165, 1.54) is 0 Å². The Balaban J connectivity index is 1.44. The largest absolute Gasteiger partial charge is 0.361 e. The van der Waals surface area contributed by atoms with Crippen molar-refractivity contribution in [3.05, 3.63) is 54.4 Å². The molecule has 0 saturated carbocycles. The molecule has 0 bridgehead atoms. The normalized spacial score (nSPS) is 14.8. The van der Waals surface area contributed by atoms with Crippen molar-refractivity contribution in [3.8, 4) is 5.82 Å². The fraction of sp³-hybridized carbons (Fsp3) is 0.294. The zero-order valence-electron chi connectivity index (χ0n) is 13.9. The number of hydrogen-bond donors (Lipinski definition) is 0. The number of hydrogen-bond acceptors (Lipinski definition) is 6. The molecule has 25 heavy (non-hydrogen) atoms. The van der Waals surface area contributed by atoms with E-state index in [2.05, 4.69) is 20.0 Å². The van der Waals surface area contributed by atoms with Gasteiger partial charge in [-0.2, -0.15) is 0 Å². The van der Waals surface area contributed by atoms with Crippen LogP contribution in [-0.2, 0) is 0 Å². The fourth-order valence-electron chi connectivity index (χ4n) is 2.91. The van der Waals surface area contributed by atoms with Gasteiger partial charge in [-0.15, -0.1) is 0 Å². The molecule has 1 aliphatic rings. The lowest BCUT2D eigenvalue weighted by Gasteiger charge is -2.35. The van der Waals surface area contributed by atoms with E-state index in [0.717, 1.165) is 11.6 Å². The van der Waals surface area contributed by atoms with Crippen LogP contribution in [0, 0.1) is 6.92 Å². The van der Waals surface area contributed by atoms with Crippen LogP contribution >= 0.6 is 0 Å². The van der Waals surface area contributed by atoms with Gasteiger partial charge in [-0.05, 0) is 19.1 Å². The lowest BCUT2D eigenvalue weighted by atomic mass is 10.2. The molecule has 0 spiro atoms. The average molecular weight is 338 g/mol. The summed E-state index contributed by atoms with van der Waals surface area (Å²) in [6, 6.07) is 7.54. The summed E-state index contributed by atoms with van der Waals surface area (Å²) in [5, 5.41) is 3.80. The van der Waals surface area contributed by atoms with E-state index >= 15 is 0 Å². The molecule has 0 aliphatic carbocycles. The minimum atomic E-state index is -0.0905. The summed E-state index contributed by atoms with van der Waals surface area (Å²) in [5.74, 6) is 2.24. The zero-order chi connectivity index (χ0) is 17.2. The van der Waals surface area contributed by atoms with Gasteiger partial charge in [-0.25, -0.2) is 9.97 Å². The minimum absolute atomic E-state index is 0.0905. The van der Waals surface area contributed by atoms with E-state index in [9.17, 15) is 4.79 Å². The van der Waals surface area contributed by atoms with Gasteiger partial charge >= 0.3 is 0 Å². The summed E-state index contributed by atoms with van der Waals surface area (Å²) in [4.78, 5) is 25.1. The van der Waals surface area contributed by atoms with Crippen molar-refractivity contribution in [2.45, 2.75) is 6.92 Å². The summed E-state index contributed by atoms with van der Waals surface area (Å²) in [6.45, 7) is 4.44. The Morgan fingerprint density at radius 2 is 1.76 bits per heavy atom. The van der Waals surface area contributed by atoms with Gasteiger partial charge in [0.15, 0.2) is 5.69 Å². The van der Waals surface area contributed by atoms with Gasteiger partial charge in [0.05, 0.1) is 0 Å². The van der Waals surface area contributed by atoms with Crippen LogP contribution < -0.4 is 4.90 Å². The van der Waals surface area contributed by atoms with Gasteiger partial charge in [0.1, 0.15) is 23.7 Å². The molecule has 0 radical (unpaired) electrons. The Morgan fingerprint density at radius 1 is 1.04 bits per heavy atom. The van der Waals surface area contributed by atoms with Crippen molar-refractivity contribution >= 4 is 11.7 Å². The number of aryl methyl sites for hydroxylation is 1. The number of piperazine rings is 1. The average Bonchev–Trinajstić information content (AvgIpc) is 3.33. The predicted molar refractivity (Wildman–Crippen MR) is 90.7 cm³/mol. The summed E-state index contributed by atoms with van der Waals surface area (Å²) < 4.78 is 6.93. The molecule has 0 atom stereocenters. The third-order valence-electron chi connectivity index (χ3n) is 4.25. The van der Waals surface area contributed by atoms with E-state index in [4.69, 9.17) is 4.52 Å². The van der Waals surface area contributed by atoms with E-state index in [1.54, 1.807) is 24.2 Å².